The molecule has 0 aliphatic rings. The van der Waals surface area contributed by atoms with Gasteiger partial charge in [0.1, 0.15) is 17.3 Å². The molecule has 4 aromatic rings. The molecule has 4 rings (SSSR count). The number of hydrogen-bond acceptors (Lipinski definition) is 3. The van der Waals surface area contributed by atoms with Gasteiger partial charge in [-0.3, -0.25) is 0 Å². The quantitative estimate of drug-likeness (QED) is 0.481. The summed E-state index contributed by atoms with van der Waals surface area (Å²) in [6.45, 7) is 3.64. The van der Waals surface area contributed by atoms with Gasteiger partial charge in [-0.25, -0.2) is 19.3 Å². The van der Waals surface area contributed by atoms with Crippen molar-refractivity contribution < 1.29 is 4.39 Å². The normalized spacial score (nSPS) is 10.7. The average Bonchev–Trinajstić information content (AvgIpc) is 3.02. The highest BCUT2D eigenvalue weighted by Gasteiger charge is 2.09. The van der Waals surface area contributed by atoms with Gasteiger partial charge in [-0.05, 0) is 43.4 Å². The van der Waals surface area contributed by atoms with Crippen LogP contribution >= 0.6 is 0 Å². The van der Waals surface area contributed by atoms with Crippen LogP contribution in [0.4, 0.5) is 4.39 Å². The van der Waals surface area contributed by atoms with Crippen molar-refractivity contribution in [2.75, 3.05) is 0 Å². The minimum atomic E-state index is -0.321. The topological polar surface area (TPSA) is 43.6 Å². The highest BCUT2D eigenvalue weighted by Crippen LogP contribution is 2.21. The molecule has 0 unspecified atom stereocenters. The molecule has 4 nitrogen and oxygen atoms in total. The van der Waals surface area contributed by atoms with E-state index >= 15 is 0 Å². The lowest BCUT2D eigenvalue weighted by Crippen LogP contribution is -1.97. The number of nitrogens with zero attached hydrogens (tertiary/aromatic N) is 4. The third-order valence-corrected chi connectivity index (χ3v) is 4.31. The second-order valence-corrected chi connectivity index (χ2v) is 6.41. The van der Waals surface area contributed by atoms with E-state index in [4.69, 9.17) is 0 Å². The molecule has 2 aromatic carbocycles. The lowest BCUT2D eigenvalue weighted by atomic mass is 10.1. The Morgan fingerprint density at radius 3 is 2.52 bits per heavy atom. The standard InChI is InChI=1S/C22H17FN4/c1-14-11-17(23)12-18-19(24-15(2)25-22(14)18)9-10-21-26-20(13-27(21)3)16-7-5-4-6-8-16/h4-8,11-13H,1-3H3. The first-order chi connectivity index (χ1) is 13.0. The molecular weight excluding hydrogens is 339 g/mol. The molecule has 0 bridgehead atoms. The number of aryl methyl sites for hydroxylation is 3. The minimum absolute atomic E-state index is 0.321. The van der Waals surface area contributed by atoms with Crippen molar-refractivity contribution in [1.82, 2.24) is 19.5 Å². The highest BCUT2D eigenvalue weighted by molar-refractivity contribution is 5.86. The van der Waals surface area contributed by atoms with E-state index in [-0.39, 0.29) is 5.82 Å². The maximum absolute atomic E-state index is 13.9. The van der Waals surface area contributed by atoms with Crippen LogP contribution in [0.2, 0.25) is 0 Å². The largest absolute Gasteiger partial charge is 0.327 e. The maximum Gasteiger partial charge on any atom is 0.186 e. The fourth-order valence-electron chi connectivity index (χ4n) is 3.01. The summed E-state index contributed by atoms with van der Waals surface area (Å²) in [5.74, 6) is 7.02. The Bertz CT molecular complexity index is 1210. The van der Waals surface area contributed by atoms with Crippen LogP contribution in [0.5, 0.6) is 0 Å². The number of aromatic nitrogens is 4. The van der Waals surface area contributed by atoms with Crippen molar-refractivity contribution in [3.63, 3.8) is 0 Å². The zero-order valence-corrected chi connectivity index (χ0v) is 15.3. The highest BCUT2D eigenvalue weighted by atomic mass is 19.1. The summed E-state index contributed by atoms with van der Waals surface area (Å²) >= 11 is 0. The van der Waals surface area contributed by atoms with Crippen LogP contribution in [0.3, 0.4) is 0 Å². The van der Waals surface area contributed by atoms with E-state index < -0.39 is 0 Å². The number of imidazole rings is 1. The van der Waals surface area contributed by atoms with Crippen molar-refractivity contribution in [3.05, 3.63) is 77.4 Å². The molecule has 27 heavy (non-hydrogen) atoms. The molecule has 0 aliphatic heterocycles. The summed E-state index contributed by atoms with van der Waals surface area (Å²) in [5.41, 5.74) is 3.87. The number of fused-ring (bicyclic) bond motifs is 1. The van der Waals surface area contributed by atoms with Gasteiger partial charge in [0.05, 0.1) is 11.2 Å². The van der Waals surface area contributed by atoms with Crippen LogP contribution in [-0.2, 0) is 7.05 Å². The van der Waals surface area contributed by atoms with Gasteiger partial charge in [0.15, 0.2) is 5.82 Å². The first kappa shape index (κ1) is 16.9. The summed E-state index contributed by atoms with van der Waals surface area (Å²) in [4.78, 5) is 13.4. The Kier molecular flexibility index (Phi) is 4.17. The van der Waals surface area contributed by atoms with Crippen LogP contribution in [0.15, 0.2) is 48.7 Å². The van der Waals surface area contributed by atoms with E-state index in [1.54, 1.807) is 0 Å². The van der Waals surface area contributed by atoms with Crippen molar-refractivity contribution in [2.45, 2.75) is 13.8 Å². The van der Waals surface area contributed by atoms with Crippen LogP contribution < -0.4 is 0 Å². The van der Waals surface area contributed by atoms with E-state index in [1.807, 2.05) is 62.0 Å². The lowest BCUT2D eigenvalue weighted by molar-refractivity contribution is 0.628. The van der Waals surface area contributed by atoms with Gasteiger partial charge in [0.2, 0.25) is 0 Å². The van der Waals surface area contributed by atoms with E-state index in [0.29, 0.717) is 22.7 Å². The smallest absolute Gasteiger partial charge is 0.186 e. The molecule has 0 fully saturated rings. The molecule has 0 saturated carbocycles. The zero-order valence-electron chi connectivity index (χ0n) is 15.3. The van der Waals surface area contributed by atoms with Crippen molar-refractivity contribution >= 4 is 10.9 Å². The van der Waals surface area contributed by atoms with Gasteiger partial charge in [-0.2, -0.15) is 0 Å². The lowest BCUT2D eigenvalue weighted by Gasteiger charge is -2.05. The SMILES string of the molecule is Cc1nc(C#Cc2nc(-c3ccccc3)cn2C)c2cc(F)cc(C)c2n1. The third-order valence-electron chi connectivity index (χ3n) is 4.31. The number of benzene rings is 2. The first-order valence-electron chi connectivity index (χ1n) is 8.56. The molecule has 0 spiro atoms. The molecule has 132 valence electrons. The second-order valence-electron chi connectivity index (χ2n) is 6.41. The average molecular weight is 356 g/mol. The van der Waals surface area contributed by atoms with Crippen LogP contribution in [0, 0.1) is 31.5 Å². The number of rotatable bonds is 1. The van der Waals surface area contributed by atoms with Crippen LogP contribution in [0.1, 0.15) is 22.9 Å². The summed E-state index contributed by atoms with van der Waals surface area (Å²) in [5, 5.41) is 0.614. The molecule has 0 radical (unpaired) electrons. The molecule has 0 N–H and O–H groups in total. The Labute approximate surface area is 156 Å². The van der Waals surface area contributed by atoms with E-state index in [2.05, 4.69) is 26.8 Å². The van der Waals surface area contributed by atoms with Gasteiger partial charge in [0.25, 0.3) is 0 Å². The molecule has 5 heteroatoms. The van der Waals surface area contributed by atoms with Gasteiger partial charge in [0, 0.05) is 24.2 Å². The van der Waals surface area contributed by atoms with Gasteiger partial charge in [-0.15, -0.1) is 0 Å². The monoisotopic (exact) mass is 356 g/mol. The Balaban J connectivity index is 1.81. The molecule has 0 atom stereocenters. The van der Waals surface area contributed by atoms with Crippen LogP contribution in [0.25, 0.3) is 22.2 Å². The van der Waals surface area contributed by atoms with E-state index in [0.717, 1.165) is 22.3 Å². The predicted molar refractivity (Wildman–Crippen MR) is 104 cm³/mol. The molecule has 2 aromatic heterocycles. The summed E-state index contributed by atoms with van der Waals surface area (Å²) in [6.07, 6.45) is 1.94. The number of halogens is 1. The van der Waals surface area contributed by atoms with Crippen molar-refractivity contribution in [3.8, 4) is 23.1 Å². The Morgan fingerprint density at radius 1 is 0.963 bits per heavy atom. The molecular formula is C22H17FN4. The number of hydrogen-bond donors (Lipinski definition) is 0. The molecule has 0 saturated heterocycles. The zero-order chi connectivity index (χ0) is 19.0. The van der Waals surface area contributed by atoms with Crippen molar-refractivity contribution in [2.24, 2.45) is 7.05 Å². The first-order valence-corrected chi connectivity index (χ1v) is 8.56. The summed E-state index contributed by atoms with van der Waals surface area (Å²) < 4.78 is 15.7. The fraction of sp³-hybridized carbons (Fsp3) is 0.136. The second kappa shape index (κ2) is 6.65. The predicted octanol–water partition coefficient (Wildman–Crippen LogP) is 4.19. The van der Waals surface area contributed by atoms with Gasteiger partial charge < -0.3 is 4.57 Å². The molecule has 2 heterocycles. The molecule has 0 aliphatic carbocycles. The minimum Gasteiger partial charge on any atom is -0.327 e. The summed E-state index contributed by atoms with van der Waals surface area (Å²) in [7, 11) is 1.90. The van der Waals surface area contributed by atoms with Gasteiger partial charge in [-0.1, -0.05) is 30.3 Å². The maximum atomic E-state index is 13.9. The Morgan fingerprint density at radius 2 is 1.74 bits per heavy atom. The third kappa shape index (κ3) is 3.30. The summed E-state index contributed by atoms with van der Waals surface area (Å²) in [6, 6.07) is 12.8. The van der Waals surface area contributed by atoms with E-state index in [1.165, 1.54) is 12.1 Å². The Hall–Kier alpha value is -3.52. The van der Waals surface area contributed by atoms with Crippen molar-refractivity contribution in [1.29, 1.82) is 0 Å². The van der Waals surface area contributed by atoms with Crippen LogP contribution in [-0.4, -0.2) is 19.5 Å². The van der Waals surface area contributed by atoms with Gasteiger partial charge >= 0.3 is 0 Å². The molecule has 0 amide bonds. The fourth-order valence-corrected chi connectivity index (χ4v) is 3.01. The van der Waals surface area contributed by atoms with E-state index in [9.17, 15) is 4.39 Å².